The lowest BCUT2D eigenvalue weighted by Crippen LogP contribution is -2.68. The molecule has 0 spiro atoms. The first kappa shape index (κ1) is 28.2. The van der Waals surface area contributed by atoms with Gasteiger partial charge < -0.3 is 15.4 Å². The van der Waals surface area contributed by atoms with E-state index < -0.39 is 40.8 Å². The van der Waals surface area contributed by atoms with Gasteiger partial charge in [0, 0.05) is 39.0 Å². The van der Waals surface area contributed by atoms with Gasteiger partial charge in [0.15, 0.2) is 0 Å². The molecular formula is C30H22F6N2O3S. The fourth-order valence-electron chi connectivity index (χ4n) is 6.21. The molecule has 0 aliphatic heterocycles. The Kier molecular flexibility index (Phi) is 6.41. The first-order valence-corrected chi connectivity index (χ1v) is 13.7. The van der Waals surface area contributed by atoms with Gasteiger partial charge in [0.2, 0.25) is 0 Å². The zero-order valence-electron chi connectivity index (χ0n) is 21.6. The van der Waals surface area contributed by atoms with Gasteiger partial charge in [0.05, 0.1) is 22.1 Å². The number of carboxylic acid groups (broad SMARTS) is 1. The largest absolute Gasteiger partial charge is 0.481 e. The number of aromatic amines is 1. The predicted molar refractivity (Wildman–Crippen MR) is 143 cm³/mol. The number of carbonyl (C=O) groups excluding carboxylic acids is 1. The summed E-state index contributed by atoms with van der Waals surface area (Å²) in [6.45, 7) is 0.281. The monoisotopic (exact) mass is 604 g/mol. The van der Waals surface area contributed by atoms with Crippen molar-refractivity contribution in [1.82, 2.24) is 10.3 Å². The van der Waals surface area contributed by atoms with Crippen LogP contribution in [0.4, 0.5) is 26.3 Å². The highest BCUT2D eigenvalue weighted by Crippen LogP contribution is 2.73. The number of hydrogen-bond acceptors (Lipinski definition) is 3. The minimum absolute atomic E-state index is 0.232. The molecule has 12 heteroatoms. The summed E-state index contributed by atoms with van der Waals surface area (Å²) in [6.07, 6.45) is -6.04. The van der Waals surface area contributed by atoms with Crippen LogP contribution in [0.1, 0.15) is 40.7 Å². The molecule has 1 heterocycles. The SMILES string of the molecule is O=C(NCC12CC(C(=O)O)(C1)C2)c1ccc(-c2cccc(C(F)(F)F)c2)c2[nH]cc(Sc3ccc(C(F)(F)F)cc3)c12. The van der Waals surface area contributed by atoms with Gasteiger partial charge in [-0.15, -0.1) is 0 Å². The third-order valence-corrected chi connectivity index (χ3v) is 9.22. The highest BCUT2D eigenvalue weighted by Gasteiger charge is 2.71. The summed E-state index contributed by atoms with van der Waals surface area (Å²) in [5, 5.41) is 12.7. The standard InChI is InChI=1S/C30H22F6N2O3S/c31-29(32,33)17-4-6-19(7-5-17)42-22-11-37-24-20(16-2-1-3-18(10-16)30(34,35)36)8-9-21(23(22)24)25(39)38-15-27-12-28(13-27,14-27)26(40)41/h1-11,37H,12-15H2,(H,38,39)(H,40,41). The first-order valence-electron chi connectivity index (χ1n) is 12.9. The maximum Gasteiger partial charge on any atom is 0.416 e. The molecule has 3 aromatic carbocycles. The maximum atomic E-state index is 13.4. The number of hydrogen-bond donors (Lipinski definition) is 3. The topological polar surface area (TPSA) is 82.2 Å². The summed E-state index contributed by atoms with van der Waals surface area (Å²) in [5.74, 6) is -1.28. The van der Waals surface area contributed by atoms with Crippen molar-refractivity contribution in [3.63, 3.8) is 0 Å². The van der Waals surface area contributed by atoms with Crippen LogP contribution in [0.3, 0.4) is 0 Å². The van der Waals surface area contributed by atoms with E-state index in [-0.39, 0.29) is 23.1 Å². The summed E-state index contributed by atoms with van der Waals surface area (Å²) in [4.78, 5) is 28.9. The maximum absolute atomic E-state index is 13.4. The van der Waals surface area contributed by atoms with Gasteiger partial charge in [-0.25, -0.2) is 0 Å². The molecule has 3 N–H and O–H groups in total. The van der Waals surface area contributed by atoms with E-state index in [0.717, 1.165) is 36.0 Å². The minimum atomic E-state index is -4.56. The number of aromatic nitrogens is 1. The lowest BCUT2D eigenvalue weighted by Gasteiger charge is -2.68. The molecule has 0 atom stereocenters. The lowest BCUT2D eigenvalue weighted by atomic mass is 9.35. The molecule has 5 nitrogen and oxygen atoms in total. The number of alkyl halides is 6. The highest BCUT2D eigenvalue weighted by atomic mass is 32.2. The van der Waals surface area contributed by atoms with E-state index in [1.165, 1.54) is 30.3 Å². The molecule has 218 valence electrons. The second kappa shape index (κ2) is 9.55. The van der Waals surface area contributed by atoms with Crippen molar-refractivity contribution in [2.75, 3.05) is 6.54 Å². The number of benzene rings is 3. The molecule has 0 unspecified atom stereocenters. The smallest absolute Gasteiger partial charge is 0.416 e. The first-order chi connectivity index (χ1) is 19.7. The van der Waals surface area contributed by atoms with Crippen LogP contribution < -0.4 is 5.32 Å². The van der Waals surface area contributed by atoms with Gasteiger partial charge in [-0.2, -0.15) is 26.3 Å². The number of carbonyl (C=O) groups is 2. The molecule has 1 aromatic heterocycles. The molecular weight excluding hydrogens is 582 g/mol. The number of fused-ring (bicyclic) bond motifs is 1. The number of amides is 1. The summed E-state index contributed by atoms with van der Waals surface area (Å²) in [5.41, 5.74) is -1.30. The molecule has 4 aromatic rings. The van der Waals surface area contributed by atoms with E-state index in [1.807, 2.05) is 0 Å². The summed E-state index contributed by atoms with van der Waals surface area (Å²) in [6, 6.07) is 12.4. The Morgan fingerprint density at radius 1 is 0.905 bits per heavy atom. The quantitative estimate of drug-likeness (QED) is 0.187. The molecule has 0 saturated heterocycles. The van der Waals surface area contributed by atoms with Crippen molar-refractivity contribution in [2.24, 2.45) is 10.8 Å². The van der Waals surface area contributed by atoms with Crippen molar-refractivity contribution < 1.29 is 41.0 Å². The second-order valence-electron chi connectivity index (χ2n) is 11.1. The zero-order chi connectivity index (χ0) is 30.1. The number of aliphatic carboxylic acids is 1. The summed E-state index contributed by atoms with van der Waals surface area (Å²) >= 11 is 1.11. The summed E-state index contributed by atoms with van der Waals surface area (Å²) in [7, 11) is 0. The molecule has 3 saturated carbocycles. The van der Waals surface area contributed by atoms with Crippen molar-refractivity contribution in [3.05, 3.63) is 83.6 Å². The normalized spacial score (nSPS) is 21.5. The Bertz CT molecular complexity index is 1710. The highest BCUT2D eigenvalue weighted by molar-refractivity contribution is 7.99. The van der Waals surface area contributed by atoms with Crippen molar-refractivity contribution in [3.8, 4) is 11.1 Å². The molecule has 3 fully saturated rings. The van der Waals surface area contributed by atoms with E-state index >= 15 is 0 Å². The van der Waals surface area contributed by atoms with Crippen LogP contribution in [0.25, 0.3) is 22.0 Å². The van der Waals surface area contributed by atoms with Crippen LogP contribution in [0.2, 0.25) is 0 Å². The Morgan fingerprint density at radius 3 is 2.19 bits per heavy atom. The van der Waals surface area contributed by atoms with Crippen molar-refractivity contribution >= 4 is 34.5 Å². The number of rotatable bonds is 7. The average Bonchev–Trinajstić information content (AvgIpc) is 3.29. The van der Waals surface area contributed by atoms with Gasteiger partial charge in [-0.1, -0.05) is 30.0 Å². The van der Waals surface area contributed by atoms with Crippen molar-refractivity contribution in [1.29, 1.82) is 0 Å². The van der Waals surface area contributed by atoms with Gasteiger partial charge in [0.1, 0.15) is 0 Å². The van der Waals surface area contributed by atoms with Crippen LogP contribution in [0.15, 0.2) is 76.7 Å². The molecule has 2 bridgehead atoms. The fraction of sp³-hybridized carbons (Fsp3) is 0.267. The molecule has 3 aliphatic rings. The van der Waals surface area contributed by atoms with Crippen LogP contribution in [-0.2, 0) is 17.1 Å². The molecule has 0 radical (unpaired) electrons. The zero-order valence-corrected chi connectivity index (χ0v) is 22.4. The third kappa shape index (κ3) is 4.81. The Labute approximate surface area is 239 Å². The Balaban J connectivity index is 1.36. The van der Waals surface area contributed by atoms with E-state index in [0.29, 0.717) is 45.5 Å². The Hall–Kier alpha value is -3.93. The Morgan fingerprint density at radius 2 is 1.57 bits per heavy atom. The van der Waals surface area contributed by atoms with Crippen LogP contribution in [-0.4, -0.2) is 28.5 Å². The number of H-pyrrole nitrogens is 1. The van der Waals surface area contributed by atoms with Gasteiger partial charge in [0.25, 0.3) is 5.91 Å². The molecule has 7 rings (SSSR count). The summed E-state index contributed by atoms with van der Waals surface area (Å²) < 4.78 is 79.5. The van der Waals surface area contributed by atoms with E-state index in [9.17, 15) is 41.0 Å². The van der Waals surface area contributed by atoms with Crippen LogP contribution in [0.5, 0.6) is 0 Å². The average molecular weight is 605 g/mol. The van der Waals surface area contributed by atoms with E-state index in [1.54, 1.807) is 12.3 Å². The second-order valence-corrected chi connectivity index (χ2v) is 12.2. The number of nitrogens with one attached hydrogen (secondary N) is 2. The van der Waals surface area contributed by atoms with Gasteiger partial charge >= 0.3 is 18.3 Å². The van der Waals surface area contributed by atoms with E-state index in [2.05, 4.69) is 10.3 Å². The van der Waals surface area contributed by atoms with Gasteiger partial charge in [-0.05, 0) is 72.7 Å². The number of halogens is 6. The third-order valence-electron chi connectivity index (χ3n) is 8.17. The van der Waals surface area contributed by atoms with Crippen LogP contribution >= 0.6 is 11.8 Å². The van der Waals surface area contributed by atoms with Crippen molar-refractivity contribution in [2.45, 2.75) is 41.4 Å². The van der Waals surface area contributed by atoms with Gasteiger partial charge in [-0.3, -0.25) is 9.59 Å². The van der Waals surface area contributed by atoms with Crippen LogP contribution in [0, 0.1) is 10.8 Å². The molecule has 42 heavy (non-hydrogen) atoms. The van der Waals surface area contributed by atoms with E-state index in [4.69, 9.17) is 0 Å². The number of carboxylic acids is 1. The predicted octanol–water partition coefficient (Wildman–Crippen LogP) is 8.01. The lowest BCUT2D eigenvalue weighted by molar-refractivity contribution is -0.219. The fourth-order valence-corrected chi connectivity index (χ4v) is 7.16. The molecule has 1 amide bonds. The molecule has 3 aliphatic carbocycles. The minimum Gasteiger partial charge on any atom is -0.481 e.